The fourth-order valence-electron chi connectivity index (χ4n) is 6.17. The quantitative estimate of drug-likeness (QED) is 0.122. The van der Waals surface area contributed by atoms with E-state index in [0.717, 1.165) is 43.4 Å². The van der Waals surface area contributed by atoms with Gasteiger partial charge in [-0.05, 0) is 56.3 Å². The van der Waals surface area contributed by atoms with Crippen LogP contribution in [-0.2, 0) is 4.74 Å². The molecule has 2 fully saturated rings. The third-order valence-electron chi connectivity index (χ3n) is 8.91. The summed E-state index contributed by atoms with van der Waals surface area (Å²) in [4.78, 5) is 0. The van der Waals surface area contributed by atoms with Gasteiger partial charge >= 0.3 is 23.9 Å². The van der Waals surface area contributed by atoms with E-state index in [-0.39, 0.29) is 12.5 Å². The molecule has 1 nitrogen and oxygen atoms in total. The van der Waals surface area contributed by atoms with Crippen molar-refractivity contribution in [3.63, 3.8) is 0 Å². The summed E-state index contributed by atoms with van der Waals surface area (Å²) in [6.07, 6.45) is 9.62. The third-order valence-corrected chi connectivity index (χ3v) is 8.91. The lowest BCUT2D eigenvalue weighted by Gasteiger charge is -2.33. The normalized spacial score (nSPS) is 25.7. The minimum atomic E-state index is -6.80. The molecule has 232 valence electrons. The summed E-state index contributed by atoms with van der Waals surface area (Å²) < 4.78 is 122. The highest BCUT2D eigenvalue weighted by Crippen LogP contribution is 2.54. The fraction of sp³-hybridized carbons (Fsp3) is 1.00. The van der Waals surface area contributed by atoms with Gasteiger partial charge in [0, 0.05) is 13.0 Å². The summed E-state index contributed by atoms with van der Waals surface area (Å²) >= 11 is 0. The Kier molecular flexibility index (Phi) is 13.7. The van der Waals surface area contributed by atoms with Crippen LogP contribution in [0, 0.1) is 17.8 Å². The van der Waals surface area contributed by atoms with Gasteiger partial charge in [0.05, 0.1) is 6.10 Å². The number of hydrogen-bond acceptors (Lipinski definition) is 1. The van der Waals surface area contributed by atoms with Crippen molar-refractivity contribution in [3.8, 4) is 0 Å². The molecule has 39 heavy (non-hydrogen) atoms. The van der Waals surface area contributed by atoms with Crippen LogP contribution in [-0.4, -0.2) is 36.7 Å². The lowest BCUT2D eigenvalue weighted by Crippen LogP contribution is -2.60. The zero-order valence-corrected chi connectivity index (χ0v) is 23.3. The number of ether oxygens (including phenoxy) is 1. The maximum Gasteiger partial charge on any atom is 0.460 e. The van der Waals surface area contributed by atoms with Crippen LogP contribution in [0.1, 0.15) is 129 Å². The van der Waals surface area contributed by atoms with Crippen LogP contribution >= 0.6 is 0 Å². The van der Waals surface area contributed by atoms with E-state index in [4.69, 9.17) is 4.74 Å². The topological polar surface area (TPSA) is 9.23 Å². The molecule has 2 aliphatic rings. The molecule has 0 radical (unpaired) electrons. The van der Waals surface area contributed by atoms with Crippen LogP contribution in [0.4, 0.5) is 39.5 Å². The Morgan fingerprint density at radius 2 is 1.03 bits per heavy atom. The Morgan fingerprint density at radius 3 is 1.54 bits per heavy atom. The van der Waals surface area contributed by atoms with Gasteiger partial charge in [0.1, 0.15) is 0 Å². The van der Waals surface area contributed by atoms with E-state index >= 15 is 0 Å². The second-order valence-corrected chi connectivity index (χ2v) is 12.0. The van der Waals surface area contributed by atoms with Gasteiger partial charge < -0.3 is 4.74 Å². The molecule has 0 aromatic heterocycles. The van der Waals surface area contributed by atoms with Crippen LogP contribution in [0.2, 0.25) is 0 Å². The summed E-state index contributed by atoms with van der Waals surface area (Å²) in [5.74, 6) is -16.2. The zero-order valence-electron chi connectivity index (χ0n) is 23.3. The van der Waals surface area contributed by atoms with Gasteiger partial charge in [0.15, 0.2) is 0 Å². The maximum atomic E-state index is 13.6. The summed E-state index contributed by atoms with van der Waals surface area (Å²) in [5.41, 5.74) is 0. The Bertz CT molecular complexity index is 664. The summed E-state index contributed by atoms with van der Waals surface area (Å²) in [5, 5.41) is 0. The fourth-order valence-corrected chi connectivity index (χ4v) is 6.17. The Hall–Kier alpha value is -0.670. The molecule has 0 N–H and O–H groups in total. The number of unbranched alkanes of at least 4 members (excludes halogenated alkanes) is 5. The molecule has 2 rings (SSSR count). The number of rotatable bonds is 17. The first-order chi connectivity index (χ1) is 18.2. The summed E-state index contributed by atoms with van der Waals surface area (Å²) in [6, 6.07) is 0. The molecule has 10 heteroatoms. The highest BCUT2D eigenvalue weighted by molar-refractivity contribution is 5.00. The van der Waals surface area contributed by atoms with Crippen molar-refractivity contribution < 1.29 is 44.3 Å². The van der Waals surface area contributed by atoms with Crippen molar-refractivity contribution >= 4 is 0 Å². The van der Waals surface area contributed by atoms with Crippen LogP contribution in [0.15, 0.2) is 0 Å². The first-order valence-corrected chi connectivity index (χ1v) is 15.0. The van der Waals surface area contributed by atoms with Crippen LogP contribution in [0.5, 0.6) is 0 Å². The predicted molar refractivity (Wildman–Crippen MR) is 135 cm³/mol. The molecule has 0 saturated heterocycles. The molecule has 0 spiro atoms. The Labute approximate surface area is 228 Å². The van der Waals surface area contributed by atoms with Crippen LogP contribution in [0.3, 0.4) is 0 Å². The van der Waals surface area contributed by atoms with E-state index in [1.54, 1.807) is 0 Å². The molecule has 0 aromatic carbocycles. The van der Waals surface area contributed by atoms with Gasteiger partial charge in [-0.2, -0.15) is 39.5 Å². The van der Waals surface area contributed by atoms with Gasteiger partial charge in [-0.1, -0.05) is 84.0 Å². The zero-order chi connectivity index (χ0) is 29.2. The maximum absolute atomic E-state index is 13.6. The smallest absolute Gasteiger partial charge is 0.378 e. The molecule has 0 atom stereocenters. The van der Waals surface area contributed by atoms with Crippen LogP contribution in [0.25, 0.3) is 0 Å². The highest BCUT2D eigenvalue weighted by atomic mass is 19.4. The Balaban J connectivity index is 1.51. The second kappa shape index (κ2) is 15.5. The number of alkyl halides is 9. The summed E-state index contributed by atoms with van der Waals surface area (Å²) in [7, 11) is 0. The SMILES string of the molecule is CCCCCC1CCC(CCC2CCC(OCCCCCCC(F)(F)C(F)(F)C(F)(F)C(F)(F)F)CC2)CC1. The van der Waals surface area contributed by atoms with Crippen molar-refractivity contribution in [2.45, 2.75) is 159 Å². The van der Waals surface area contributed by atoms with E-state index < -0.39 is 36.8 Å². The van der Waals surface area contributed by atoms with Gasteiger partial charge in [0.25, 0.3) is 0 Å². The monoisotopic (exact) mass is 582 g/mol. The number of halogens is 9. The molecule has 2 saturated carbocycles. The largest absolute Gasteiger partial charge is 0.460 e. The first kappa shape index (κ1) is 34.5. The molecule has 0 aliphatic heterocycles. The molecule has 0 aromatic rings. The van der Waals surface area contributed by atoms with Gasteiger partial charge in [-0.25, -0.2) is 0 Å². The third kappa shape index (κ3) is 10.3. The molecular weight excluding hydrogens is 535 g/mol. The molecular formula is C29H47F9O. The molecule has 0 unspecified atom stereocenters. The van der Waals surface area contributed by atoms with Crippen molar-refractivity contribution in [3.05, 3.63) is 0 Å². The average molecular weight is 583 g/mol. The van der Waals surface area contributed by atoms with Crippen LogP contribution < -0.4 is 0 Å². The molecule has 0 bridgehead atoms. The standard InChI is InChI=1S/C29H47F9O/c1-2-3-6-9-22-10-12-23(13-11-22)14-15-24-16-18-25(19-17-24)39-21-8-5-4-7-20-26(30,31)27(32,33)28(34,35)29(36,37)38/h22-25H,2-21H2,1H3. The second-order valence-electron chi connectivity index (χ2n) is 12.0. The number of hydrogen-bond donors (Lipinski definition) is 0. The van der Waals surface area contributed by atoms with Crippen molar-refractivity contribution in [2.75, 3.05) is 6.61 Å². The van der Waals surface area contributed by atoms with Gasteiger partial charge in [-0.15, -0.1) is 0 Å². The van der Waals surface area contributed by atoms with Crippen molar-refractivity contribution in [1.29, 1.82) is 0 Å². The van der Waals surface area contributed by atoms with E-state index in [1.807, 2.05) is 0 Å². The summed E-state index contributed by atoms with van der Waals surface area (Å²) in [6.45, 7) is 2.63. The molecule has 0 amide bonds. The van der Waals surface area contributed by atoms with E-state index in [0.29, 0.717) is 19.4 Å². The lowest BCUT2D eigenvalue weighted by molar-refractivity contribution is -0.396. The van der Waals surface area contributed by atoms with E-state index in [1.165, 1.54) is 64.2 Å². The molecule has 0 heterocycles. The van der Waals surface area contributed by atoms with Gasteiger partial charge in [-0.3, -0.25) is 0 Å². The lowest BCUT2D eigenvalue weighted by atomic mass is 9.76. The minimum absolute atomic E-state index is 0.0139. The Morgan fingerprint density at radius 1 is 0.538 bits per heavy atom. The predicted octanol–water partition coefficient (Wildman–Crippen LogP) is 11.1. The first-order valence-electron chi connectivity index (χ1n) is 15.0. The van der Waals surface area contributed by atoms with E-state index in [9.17, 15) is 39.5 Å². The van der Waals surface area contributed by atoms with Crippen molar-refractivity contribution in [2.24, 2.45) is 17.8 Å². The minimum Gasteiger partial charge on any atom is -0.378 e. The van der Waals surface area contributed by atoms with Gasteiger partial charge in [0.2, 0.25) is 0 Å². The highest BCUT2D eigenvalue weighted by Gasteiger charge is 2.81. The van der Waals surface area contributed by atoms with Crippen molar-refractivity contribution in [1.82, 2.24) is 0 Å². The average Bonchev–Trinajstić information content (AvgIpc) is 2.87. The van der Waals surface area contributed by atoms with E-state index in [2.05, 4.69) is 6.92 Å². The molecule has 2 aliphatic carbocycles.